The van der Waals surface area contributed by atoms with Gasteiger partial charge in [0.1, 0.15) is 24.4 Å². The van der Waals surface area contributed by atoms with Crippen molar-refractivity contribution in [3.63, 3.8) is 0 Å². The zero-order valence-corrected chi connectivity index (χ0v) is 24.2. The highest BCUT2D eigenvalue weighted by Gasteiger charge is 2.36. The molecule has 0 radical (unpaired) electrons. The lowest BCUT2D eigenvalue weighted by Crippen LogP contribution is -2.65. The lowest BCUT2D eigenvalue weighted by Gasteiger charge is -2.32. The molecule has 2 aromatic rings. The molecule has 0 fully saturated rings. The van der Waals surface area contributed by atoms with Crippen LogP contribution in [0.15, 0.2) is 65.7 Å². The number of benzene rings is 2. The first-order valence-electron chi connectivity index (χ1n) is 14.1. The molecule has 1 heterocycles. The molecule has 1 aliphatic heterocycles. The van der Waals surface area contributed by atoms with Gasteiger partial charge in [-0.2, -0.15) is 0 Å². The van der Waals surface area contributed by atoms with E-state index in [1.165, 1.54) is 0 Å². The Morgan fingerprint density at radius 2 is 1.53 bits per heavy atom. The summed E-state index contributed by atoms with van der Waals surface area (Å²) in [6, 6.07) is 12.0. The third kappa shape index (κ3) is 10.1. The van der Waals surface area contributed by atoms with Crippen LogP contribution in [0.5, 0.6) is 0 Å². The van der Waals surface area contributed by atoms with Crippen LogP contribution in [0.2, 0.25) is 0 Å². The van der Waals surface area contributed by atoms with Crippen molar-refractivity contribution < 1.29 is 29.1 Å². The van der Waals surface area contributed by atoms with Crippen LogP contribution in [0.1, 0.15) is 31.4 Å². The molecule has 2 aromatic carbocycles. The zero-order valence-electron chi connectivity index (χ0n) is 24.2. The minimum absolute atomic E-state index is 0.0260. The number of urea groups is 1. The van der Waals surface area contributed by atoms with Crippen LogP contribution < -0.4 is 32.3 Å². The van der Waals surface area contributed by atoms with E-state index in [9.17, 15) is 29.1 Å². The number of aldehydes is 1. The standard InChI is InChI=1S/C30H39N7O6/c1-18(2)24(26(39)33-21(17-38)15-19-9-5-3-6-10-19)36-27(40)25(22-13-14-32-29(31)34-22)37-30(43)35-23(28(41)42)16-20-11-7-4-8-12-20/h3-12,17-18,21-25H,13-16H2,1-2H3,(H,33,39)(H,36,40)(H,41,42)(H3,31,32,34)(H2,35,37,43)/t21?,22-,23-,24-,25-/m0/s1. The van der Waals surface area contributed by atoms with Crippen molar-refractivity contribution in [3.8, 4) is 0 Å². The third-order valence-corrected chi connectivity index (χ3v) is 6.95. The molecule has 0 bridgehead atoms. The quantitative estimate of drug-likeness (QED) is 0.149. The van der Waals surface area contributed by atoms with Crippen LogP contribution in [-0.2, 0) is 32.0 Å². The number of hydrogen-bond donors (Lipinski definition) is 7. The van der Waals surface area contributed by atoms with Crippen LogP contribution in [-0.4, -0.2) is 77.9 Å². The lowest BCUT2D eigenvalue weighted by atomic mass is 9.99. The monoisotopic (exact) mass is 593 g/mol. The van der Waals surface area contributed by atoms with Gasteiger partial charge in [0.15, 0.2) is 5.96 Å². The number of carbonyl (C=O) groups excluding carboxylic acids is 4. The molecule has 43 heavy (non-hydrogen) atoms. The smallest absolute Gasteiger partial charge is 0.326 e. The zero-order chi connectivity index (χ0) is 31.4. The van der Waals surface area contributed by atoms with Crippen LogP contribution in [0.4, 0.5) is 4.79 Å². The highest BCUT2D eigenvalue weighted by atomic mass is 16.4. The van der Waals surface area contributed by atoms with E-state index in [1.807, 2.05) is 30.3 Å². The lowest BCUT2D eigenvalue weighted by molar-refractivity contribution is -0.139. The maximum Gasteiger partial charge on any atom is 0.326 e. The van der Waals surface area contributed by atoms with E-state index in [0.717, 1.165) is 5.56 Å². The summed E-state index contributed by atoms with van der Waals surface area (Å²) in [4.78, 5) is 67.6. The number of nitrogens with one attached hydrogen (secondary N) is 5. The average Bonchev–Trinajstić information content (AvgIpc) is 2.98. The van der Waals surface area contributed by atoms with Crippen molar-refractivity contribution in [2.45, 2.75) is 63.3 Å². The van der Waals surface area contributed by atoms with E-state index in [-0.39, 0.29) is 31.3 Å². The fourth-order valence-electron chi connectivity index (χ4n) is 4.67. The first-order valence-corrected chi connectivity index (χ1v) is 14.1. The molecule has 4 amide bonds. The number of aliphatic imine (C=N–C) groups is 1. The Morgan fingerprint density at radius 3 is 2.07 bits per heavy atom. The van der Waals surface area contributed by atoms with Crippen molar-refractivity contribution in [2.75, 3.05) is 6.54 Å². The van der Waals surface area contributed by atoms with Gasteiger partial charge >= 0.3 is 12.0 Å². The molecule has 5 atom stereocenters. The second-order valence-electron chi connectivity index (χ2n) is 10.7. The molecule has 8 N–H and O–H groups in total. The van der Waals surface area contributed by atoms with Gasteiger partial charge in [-0.1, -0.05) is 74.5 Å². The Hall–Kier alpha value is -4.94. The summed E-state index contributed by atoms with van der Waals surface area (Å²) in [5.41, 5.74) is 7.39. The molecule has 230 valence electrons. The molecule has 1 unspecified atom stereocenters. The molecule has 3 rings (SSSR count). The maximum absolute atomic E-state index is 13.6. The van der Waals surface area contributed by atoms with Gasteiger partial charge in [0.2, 0.25) is 11.8 Å². The SMILES string of the molecule is CC(C)[C@H](NC(=O)[C@@H](NC(=O)N[C@@H](Cc1ccccc1)C(=O)O)[C@@H]1CCN=C(N)N1)C(=O)NC(C=O)Cc1ccccc1. The van der Waals surface area contributed by atoms with Gasteiger partial charge in [0, 0.05) is 13.0 Å². The first kappa shape index (κ1) is 32.6. The van der Waals surface area contributed by atoms with Gasteiger partial charge < -0.3 is 42.2 Å². The molecule has 0 aromatic heterocycles. The summed E-state index contributed by atoms with van der Waals surface area (Å²) in [7, 11) is 0. The number of amides is 4. The minimum Gasteiger partial charge on any atom is -0.480 e. The number of nitrogens with zero attached hydrogens (tertiary/aromatic N) is 1. The molecular weight excluding hydrogens is 554 g/mol. The van der Waals surface area contributed by atoms with Gasteiger partial charge in [-0.25, -0.2) is 9.59 Å². The number of guanidine groups is 1. The van der Waals surface area contributed by atoms with Gasteiger partial charge in [-0.15, -0.1) is 0 Å². The number of rotatable bonds is 14. The fraction of sp³-hybridized carbons (Fsp3) is 0.400. The highest BCUT2D eigenvalue weighted by Crippen LogP contribution is 2.10. The number of aliphatic carboxylic acids is 1. The van der Waals surface area contributed by atoms with E-state index in [0.29, 0.717) is 18.3 Å². The van der Waals surface area contributed by atoms with E-state index in [2.05, 4.69) is 31.6 Å². The molecule has 0 spiro atoms. The Labute approximate surface area is 250 Å². The predicted molar refractivity (Wildman–Crippen MR) is 160 cm³/mol. The maximum atomic E-state index is 13.6. The number of carboxylic acids is 1. The molecule has 0 saturated carbocycles. The van der Waals surface area contributed by atoms with Crippen molar-refractivity contribution in [2.24, 2.45) is 16.6 Å². The van der Waals surface area contributed by atoms with Crippen LogP contribution >= 0.6 is 0 Å². The Bertz CT molecular complexity index is 1290. The molecule has 0 saturated heterocycles. The van der Waals surface area contributed by atoms with E-state index < -0.39 is 54.0 Å². The van der Waals surface area contributed by atoms with Gasteiger partial charge in [-0.05, 0) is 29.9 Å². The van der Waals surface area contributed by atoms with Crippen molar-refractivity contribution in [1.82, 2.24) is 26.6 Å². The Morgan fingerprint density at radius 1 is 0.930 bits per heavy atom. The second-order valence-corrected chi connectivity index (χ2v) is 10.7. The van der Waals surface area contributed by atoms with Crippen LogP contribution in [0.25, 0.3) is 0 Å². The summed E-state index contributed by atoms with van der Waals surface area (Å²) < 4.78 is 0. The summed E-state index contributed by atoms with van der Waals surface area (Å²) in [5.74, 6) is -2.81. The third-order valence-electron chi connectivity index (χ3n) is 6.95. The molecule has 1 aliphatic rings. The van der Waals surface area contributed by atoms with E-state index in [4.69, 9.17) is 5.73 Å². The molecular formula is C30H39N7O6. The second kappa shape index (κ2) is 15.9. The fourth-order valence-corrected chi connectivity index (χ4v) is 4.67. The number of carboxylic acid groups (broad SMARTS) is 1. The molecule has 13 heteroatoms. The largest absolute Gasteiger partial charge is 0.480 e. The van der Waals surface area contributed by atoms with Crippen molar-refractivity contribution in [3.05, 3.63) is 71.8 Å². The van der Waals surface area contributed by atoms with E-state index >= 15 is 0 Å². The number of carbonyl (C=O) groups is 5. The Kier molecular flexibility index (Phi) is 12.0. The summed E-state index contributed by atoms with van der Waals surface area (Å²) >= 11 is 0. The molecule has 0 aliphatic carbocycles. The summed E-state index contributed by atoms with van der Waals surface area (Å²) in [5, 5.41) is 22.9. The first-order chi connectivity index (χ1) is 20.6. The van der Waals surface area contributed by atoms with Crippen molar-refractivity contribution in [1.29, 1.82) is 0 Å². The number of hydrogen-bond acceptors (Lipinski definition) is 8. The topological polar surface area (TPSA) is 204 Å². The van der Waals surface area contributed by atoms with Gasteiger partial charge in [-0.3, -0.25) is 14.6 Å². The normalized spacial score (nSPS) is 17.2. The summed E-state index contributed by atoms with van der Waals surface area (Å²) in [6.45, 7) is 3.76. The van der Waals surface area contributed by atoms with Gasteiger partial charge in [0.05, 0.1) is 12.1 Å². The van der Waals surface area contributed by atoms with Crippen molar-refractivity contribution >= 4 is 36.1 Å². The highest BCUT2D eigenvalue weighted by molar-refractivity contribution is 5.94. The Balaban J connectivity index is 1.73. The van der Waals surface area contributed by atoms with E-state index in [1.54, 1.807) is 44.2 Å². The predicted octanol–water partition coefficient (Wildman–Crippen LogP) is 0.0939. The molecule has 13 nitrogen and oxygen atoms in total. The average molecular weight is 594 g/mol. The number of nitrogens with two attached hydrogens (primary N) is 1. The van der Waals surface area contributed by atoms with Crippen LogP contribution in [0, 0.1) is 5.92 Å². The minimum atomic E-state index is -1.27. The summed E-state index contributed by atoms with van der Waals surface area (Å²) in [6.07, 6.45) is 1.27. The van der Waals surface area contributed by atoms with Crippen LogP contribution in [0.3, 0.4) is 0 Å². The van der Waals surface area contributed by atoms with Gasteiger partial charge in [0.25, 0.3) is 0 Å².